The van der Waals surface area contributed by atoms with Crippen LogP contribution < -0.4 is 0 Å². The minimum Gasteiger partial charge on any atom is -0.462 e. The van der Waals surface area contributed by atoms with Crippen LogP contribution in [0.1, 0.15) is 129 Å². The van der Waals surface area contributed by atoms with E-state index < -0.39 is 0 Å². The minimum atomic E-state index is -0.325. The topological polar surface area (TPSA) is 126 Å². The van der Waals surface area contributed by atoms with Crippen molar-refractivity contribution in [2.24, 2.45) is 0 Å². The molecule has 0 saturated carbocycles. The highest BCUT2D eigenvalue weighted by atomic mass is 16.5. The molecule has 0 amide bonds. The molecule has 0 radical (unpaired) electrons. The molecule has 12 nitrogen and oxygen atoms in total. The third-order valence-electron chi connectivity index (χ3n) is 8.32. The van der Waals surface area contributed by atoms with Crippen LogP contribution in [0.5, 0.6) is 0 Å². The minimum absolute atomic E-state index is 0.325. The van der Waals surface area contributed by atoms with E-state index in [2.05, 4.69) is 13.2 Å². The highest BCUT2D eigenvalue weighted by molar-refractivity contribution is 5.87. The smallest absolute Gasteiger partial charge is 0.333 e. The quantitative estimate of drug-likeness (QED) is 0.0333. The van der Waals surface area contributed by atoms with E-state index in [4.69, 9.17) is 47.4 Å². The average Bonchev–Trinajstić information content (AvgIpc) is 3.18. The van der Waals surface area contributed by atoms with E-state index in [-0.39, 0.29) is 11.9 Å². The SMILES string of the molecule is C=C(C)C(=O)OCCCCOCCCCOCCCCOCCCCOCCCCOCCCCOCCCCOCCCCOCCCCOC(=O)C(=C)C. The summed E-state index contributed by atoms with van der Waals surface area (Å²) < 4.78 is 55.7. The van der Waals surface area contributed by atoms with Crippen LogP contribution in [-0.2, 0) is 57.0 Å². The lowest BCUT2D eigenvalue weighted by Gasteiger charge is -2.08. The summed E-state index contributed by atoms with van der Waals surface area (Å²) in [5.74, 6) is -0.649. The zero-order chi connectivity index (χ0) is 40.8. The van der Waals surface area contributed by atoms with Gasteiger partial charge < -0.3 is 47.4 Å². The van der Waals surface area contributed by atoms with Gasteiger partial charge in [-0.3, -0.25) is 0 Å². The number of ether oxygens (including phenoxy) is 10. The lowest BCUT2D eigenvalue weighted by Crippen LogP contribution is -2.07. The van der Waals surface area contributed by atoms with E-state index in [1.807, 2.05) is 0 Å². The molecule has 0 heterocycles. The molecule has 0 aromatic rings. The van der Waals surface area contributed by atoms with Crippen molar-refractivity contribution in [2.75, 3.05) is 119 Å². The van der Waals surface area contributed by atoms with Gasteiger partial charge in [-0.25, -0.2) is 9.59 Å². The average molecular weight is 803 g/mol. The van der Waals surface area contributed by atoms with Crippen molar-refractivity contribution in [3.8, 4) is 0 Å². The van der Waals surface area contributed by atoms with Crippen molar-refractivity contribution < 1.29 is 57.0 Å². The van der Waals surface area contributed by atoms with E-state index in [0.717, 1.165) is 208 Å². The molecule has 0 saturated heterocycles. The molecule has 0 unspecified atom stereocenters. The van der Waals surface area contributed by atoms with Gasteiger partial charge in [0, 0.05) is 117 Å². The number of esters is 2. The van der Waals surface area contributed by atoms with Crippen LogP contribution in [0.4, 0.5) is 0 Å². The molecule has 0 aromatic carbocycles. The fourth-order valence-electron chi connectivity index (χ4n) is 4.86. The predicted molar refractivity (Wildman–Crippen MR) is 221 cm³/mol. The van der Waals surface area contributed by atoms with Gasteiger partial charge in [-0.05, 0) is 129 Å². The van der Waals surface area contributed by atoms with Crippen LogP contribution in [0.15, 0.2) is 24.3 Å². The van der Waals surface area contributed by atoms with Gasteiger partial charge in [0.25, 0.3) is 0 Å². The largest absolute Gasteiger partial charge is 0.462 e. The second-order valence-corrected chi connectivity index (χ2v) is 14.1. The fourth-order valence-corrected chi connectivity index (χ4v) is 4.86. The maximum absolute atomic E-state index is 11.3. The Bertz CT molecular complexity index is 814. The Labute approximate surface area is 341 Å². The summed E-state index contributed by atoms with van der Waals surface area (Å²) in [6.45, 7) is 23.6. The molecule has 0 rings (SSSR count). The van der Waals surface area contributed by atoms with Crippen LogP contribution in [0.25, 0.3) is 0 Å². The van der Waals surface area contributed by atoms with E-state index in [0.29, 0.717) is 37.6 Å². The Kier molecular flexibility index (Phi) is 44.2. The number of hydrogen-bond acceptors (Lipinski definition) is 12. The molecule has 0 aliphatic carbocycles. The van der Waals surface area contributed by atoms with Crippen molar-refractivity contribution in [3.63, 3.8) is 0 Å². The lowest BCUT2D eigenvalue weighted by atomic mass is 10.3. The number of carbonyl (C=O) groups excluding carboxylic acids is 2. The summed E-state index contributed by atoms with van der Waals surface area (Å²) in [6.07, 6.45) is 17.6. The lowest BCUT2D eigenvalue weighted by molar-refractivity contribution is -0.140. The maximum atomic E-state index is 11.3. The first-order chi connectivity index (χ1) is 27.4. The predicted octanol–water partition coefficient (Wildman–Crippen LogP) is 8.38. The molecular weight excluding hydrogens is 720 g/mol. The van der Waals surface area contributed by atoms with Gasteiger partial charge in [-0.2, -0.15) is 0 Å². The summed E-state index contributed by atoms with van der Waals surface area (Å²) in [5.41, 5.74) is 0.868. The molecule has 0 spiro atoms. The molecule has 0 N–H and O–H groups in total. The van der Waals surface area contributed by atoms with Crippen LogP contribution in [-0.4, -0.2) is 131 Å². The molecule has 0 bridgehead atoms. The van der Waals surface area contributed by atoms with E-state index in [9.17, 15) is 9.59 Å². The zero-order valence-electron chi connectivity index (χ0n) is 35.8. The van der Waals surface area contributed by atoms with Crippen LogP contribution in [0, 0.1) is 0 Å². The van der Waals surface area contributed by atoms with Crippen LogP contribution in [0.2, 0.25) is 0 Å². The summed E-state index contributed by atoms with van der Waals surface area (Å²) >= 11 is 0. The van der Waals surface area contributed by atoms with Crippen molar-refractivity contribution in [1.29, 1.82) is 0 Å². The van der Waals surface area contributed by atoms with Crippen molar-refractivity contribution in [2.45, 2.75) is 129 Å². The van der Waals surface area contributed by atoms with Gasteiger partial charge in [0.1, 0.15) is 0 Å². The number of rotatable bonds is 47. The molecule has 330 valence electrons. The van der Waals surface area contributed by atoms with Gasteiger partial charge in [0.05, 0.1) is 13.2 Å². The Balaban J connectivity index is 3.09. The third kappa shape index (κ3) is 44.8. The molecule has 0 aliphatic rings. The molecule has 0 aliphatic heterocycles. The Hall–Kier alpha value is -1.90. The van der Waals surface area contributed by atoms with Gasteiger partial charge in [0.15, 0.2) is 0 Å². The monoisotopic (exact) mass is 803 g/mol. The molecule has 0 aromatic heterocycles. The Morgan fingerprint density at radius 1 is 0.268 bits per heavy atom. The number of carbonyl (C=O) groups is 2. The third-order valence-corrected chi connectivity index (χ3v) is 8.32. The standard InChI is InChI=1S/C44H82O12/c1-41(2)43(45)55-39-21-19-37-53-35-17-15-33-51-31-13-11-29-49-27-9-7-25-47-23-5-6-24-48-26-8-10-28-50-30-12-14-32-52-34-16-18-36-54-38-20-22-40-56-44(46)42(3)4/h1,3,5-40H2,2,4H3. The Morgan fingerprint density at radius 2 is 0.393 bits per heavy atom. The van der Waals surface area contributed by atoms with E-state index in [1.54, 1.807) is 13.8 Å². The van der Waals surface area contributed by atoms with Crippen molar-refractivity contribution in [1.82, 2.24) is 0 Å². The molecular formula is C44H82O12. The summed E-state index contributed by atoms with van der Waals surface area (Å²) in [7, 11) is 0. The molecule has 0 atom stereocenters. The summed E-state index contributed by atoms with van der Waals surface area (Å²) in [5, 5.41) is 0. The van der Waals surface area contributed by atoms with Crippen LogP contribution in [0.3, 0.4) is 0 Å². The van der Waals surface area contributed by atoms with Crippen molar-refractivity contribution >= 4 is 11.9 Å². The molecule has 0 fully saturated rings. The highest BCUT2D eigenvalue weighted by Gasteiger charge is 2.03. The number of unbranched alkanes of at least 4 members (excludes halogenated alkanes) is 9. The van der Waals surface area contributed by atoms with E-state index in [1.165, 1.54) is 0 Å². The van der Waals surface area contributed by atoms with Gasteiger partial charge in [0.2, 0.25) is 0 Å². The van der Waals surface area contributed by atoms with Gasteiger partial charge >= 0.3 is 11.9 Å². The first-order valence-electron chi connectivity index (χ1n) is 21.7. The van der Waals surface area contributed by atoms with Gasteiger partial charge in [-0.1, -0.05) is 13.2 Å². The first-order valence-corrected chi connectivity index (χ1v) is 21.7. The molecule has 56 heavy (non-hydrogen) atoms. The normalized spacial score (nSPS) is 11.2. The second-order valence-electron chi connectivity index (χ2n) is 14.1. The van der Waals surface area contributed by atoms with Crippen LogP contribution >= 0.6 is 0 Å². The highest BCUT2D eigenvalue weighted by Crippen LogP contribution is 2.03. The molecule has 12 heteroatoms. The Morgan fingerprint density at radius 3 is 0.518 bits per heavy atom. The second kappa shape index (κ2) is 45.8. The van der Waals surface area contributed by atoms with E-state index >= 15 is 0 Å². The maximum Gasteiger partial charge on any atom is 0.333 e. The fraction of sp³-hybridized carbons (Fsp3) is 0.864. The summed E-state index contributed by atoms with van der Waals surface area (Å²) in [4.78, 5) is 22.5. The van der Waals surface area contributed by atoms with Gasteiger partial charge in [-0.15, -0.1) is 0 Å². The zero-order valence-corrected chi connectivity index (χ0v) is 35.8. The first kappa shape index (κ1) is 54.1. The van der Waals surface area contributed by atoms with Crippen molar-refractivity contribution in [3.05, 3.63) is 24.3 Å². The summed E-state index contributed by atoms with van der Waals surface area (Å²) in [6, 6.07) is 0. The number of hydrogen-bond donors (Lipinski definition) is 0.